The Morgan fingerprint density at radius 3 is 1.72 bits per heavy atom. The molecule has 0 aliphatic carbocycles. The minimum Gasteiger partial charge on any atom is -0.0838 e. The molecule has 0 saturated carbocycles. The van der Waals surface area contributed by atoms with Gasteiger partial charge in [-0.2, -0.15) is 0 Å². The van der Waals surface area contributed by atoms with Crippen molar-refractivity contribution in [1.82, 2.24) is 0 Å². The number of hydrogen-bond donors (Lipinski definition) is 0. The molecule has 0 atom stereocenters. The van der Waals surface area contributed by atoms with Crippen LogP contribution in [0, 0.1) is 6.92 Å². The molecular formula is C18H34. The molecule has 0 radical (unpaired) electrons. The zero-order chi connectivity index (χ0) is 15.0. The van der Waals surface area contributed by atoms with E-state index >= 15 is 0 Å². The predicted octanol–water partition coefficient (Wildman–Crippen LogP) is 6.89. The minimum absolute atomic E-state index is 1.11. The molecule has 0 heterocycles. The molecular weight excluding hydrogens is 216 g/mol. The molecule has 0 aromatic heterocycles. The maximum absolute atomic E-state index is 2.20. The monoisotopic (exact) mass is 250 g/mol. The molecule has 0 saturated heterocycles. The predicted molar refractivity (Wildman–Crippen MR) is 89.2 cm³/mol. The van der Waals surface area contributed by atoms with Crippen LogP contribution in [-0.2, 0) is 0 Å². The van der Waals surface area contributed by atoms with Crippen LogP contribution < -0.4 is 0 Å². The molecule has 18 heavy (non-hydrogen) atoms. The van der Waals surface area contributed by atoms with E-state index in [9.17, 15) is 0 Å². The quantitative estimate of drug-likeness (QED) is 0.536. The topological polar surface area (TPSA) is 0 Å². The smallest absolute Gasteiger partial charge is 0.0199 e. The molecule has 1 rings (SSSR count). The van der Waals surface area contributed by atoms with Crippen molar-refractivity contribution in [2.24, 2.45) is 0 Å². The van der Waals surface area contributed by atoms with Gasteiger partial charge >= 0.3 is 0 Å². The summed E-state index contributed by atoms with van der Waals surface area (Å²) in [4.78, 5) is 0. The number of hydrogen-bond acceptors (Lipinski definition) is 0. The van der Waals surface area contributed by atoms with Gasteiger partial charge in [-0.25, -0.2) is 0 Å². The summed E-state index contributed by atoms with van der Waals surface area (Å²) in [6, 6.07) is 8.53. The zero-order valence-electron chi connectivity index (χ0n) is 14.1. The number of aryl methyl sites for hydroxylation is 1. The Kier molecular flexibility index (Phi) is 22.6. The van der Waals surface area contributed by atoms with E-state index in [4.69, 9.17) is 0 Å². The molecule has 1 aromatic carbocycles. The van der Waals surface area contributed by atoms with E-state index in [0.29, 0.717) is 0 Å². The normalized spacial score (nSPS) is 8.83. The molecule has 0 aliphatic heterocycles. The van der Waals surface area contributed by atoms with Gasteiger partial charge in [0.1, 0.15) is 0 Å². The SMILES string of the molecule is C/C=C(/CC)c1ccccc1C.CC.CC.CC. The van der Waals surface area contributed by atoms with Gasteiger partial charge in [0.2, 0.25) is 0 Å². The average Bonchev–Trinajstić information content (AvgIpc) is 2.48. The van der Waals surface area contributed by atoms with E-state index in [1.54, 1.807) is 0 Å². The van der Waals surface area contributed by atoms with Crippen molar-refractivity contribution in [2.45, 2.75) is 68.7 Å². The summed E-state index contributed by atoms with van der Waals surface area (Å²) in [7, 11) is 0. The first kappa shape index (κ1) is 22.2. The zero-order valence-corrected chi connectivity index (χ0v) is 14.1. The maximum Gasteiger partial charge on any atom is -0.0199 e. The Morgan fingerprint density at radius 2 is 1.39 bits per heavy atom. The Hall–Kier alpha value is -1.04. The first-order valence-corrected chi connectivity index (χ1v) is 7.50. The van der Waals surface area contributed by atoms with E-state index in [2.05, 4.69) is 51.1 Å². The molecule has 0 aliphatic rings. The van der Waals surface area contributed by atoms with Crippen molar-refractivity contribution in [3.8, 4) is 0 Å². The van der Waals surface area contributed by atoms with Crippen molar-refractivity contribution in [3.05, 3.63) is 41.5 Å². The summed E-state index contributed by atoms with van der Waals surface area (Å²) in [6.45, 7) is 18.5. The molecule has 0 unspecified atom stereocenters. The highest BCUT2D eigenvalue weighted by atomic mass is 14.0. The third-order valence-corrected chi connectivity index (χ3v) is 2.22. The molecule has 0 fully saturated rings. The van der Waals surface area contributed by atoms with E-state index in [1.165, 1.54) is 16.7 Å². The van der Waals surface area contributed by atoms with E-state index in [-0.39, 0.29) is 0 Å². The van der Waals surface area contributed by atoms with Gasteiger partial charge in [-0.1, -0.05) is 78.8 Å². The Morgan fingerprint density at radius 1 is 0.944 bits per heavy atom. The van der Waals surface area contributed by atoms with Gasteiger partial charge in [0.25, 0.3) is 0 Å². The lowest BCUT2D eigenvalue weighted by Crippen LogP contribution is -1.86. The minimum atomic E-state index is 1.11. The third-order valence-electron chi connectivity index (χ3n) is 2.22. The van der Waals surface area contributed by atoms with E-state index in [0.717, 1.165) is 6.42 Å². The highest BCUT2D eigenvalue weighted by Gasteiger charge is 1.99. The van der Waals surface area contributed by atoms with Gasteiger partial charge in [-0.05, 0) is 37.0 Å². The molecule has 0 nitrogen and oxygen atoms in total. The summed E-state index contributed by atoms with van der Waals surface area (Å²) < 4.78 is 0. The van der Waals surface area contributed by atoms with Crippen molar-refractivity contribution < 1.29 is 0 Å². The van der Waals surface area contributed by atoms with Crippen molar-refractivity contribution in [1.29, 1.82) is 0 Å². The van der Waals surface area contributed by atoms with Gasteiger partial charge in [-0.15, -0.1) is 0 Å². The molecule has 0 bridgehead atoms. The second kappa shape index (κ2) is 18.3. The number of rotatable bonds is 2. The van der Waals surface area contributed by atoms with Gasteiger partial charge in [0, 0.05) is 0 Å². The van der Waals surface area contributed by atoms with Gasteiger partial charge < -0.3 is 0 Å². The van der Waals surface area contributed by atoms with Crippen LogP contribution in [0.1, 0.15) is 72.9 Å². The Balaban J connectivity index is -0.000000328. The van der Waals surface area contributed by atoms with Crippen LogP contribution in [0.15, 0.2) is 30.3 Å². The first-order valence-electron chi connectivity index (χ1n) is 7.50. The first-order chi connectivity index (χ1) is 8.79. The van der Waals surface area contributed by atoms with Gasteiger partial charge in [-0.3, -0.25) is 0 Å². The van der Waals surface area contributed by atoms with E-state index < -0.39 is 0 Å². The number of allylic oxidation sites excluding steroid dienone is 2. The molecule has 1 aromatic rings. The summed E-state index contributed by atoms with van der Waals surface area (Å²) in [5.41, 5.74) is 4.20. The van der Waals surface area contributed by atoms with Crippen LogP contribution in [0.25, 0.3) is 5.57 Å². The highest BCUT2D eigenvalue weighted by molar-refractivity contribution is 5.67. The third kappa shape index (κ3) is 9.04. The van der Waals surface area contributed by atoms with Crippen molar-refractivity contribution in [3.63, 3.8) is 0 Å². The largest absolute Gasteiger partial charge is 0.0838 e. The van der Waals surface area contributed by atoms with Crippen LogP contribution in [0.3, 0.4) is 0 Å². The molecule has 0 heteroatoms. The second-order valence-corrected chi connectivity index (χ2v) is 2.98. The van der Waals surface area contributed by atoms with Gasteiger partial charge in [0.05, 0.1) is 0 Å². The van der Waals surface area contributed by atoms with Crippen LogP contribution >= 0.6 is 0 Å². The van der Waals surface area contributed by atoms with Crippen LogP contribution in [0.2, 0.25) is 0 Å². The fourth-order valence-corrected chi connectivity index (χ4v) is 1.48. The van der Waals surface area contributed by atoms with E-state index in [1.807, 2.05) is 41.5 Å². The highest BCUT2D eigenvalue weighted by Crippen LogP contribution is 2.20. The number of benzene rings is 1. The fourth-order valence-electron chi connectivity index (χ4n) is 1.48. The summed E-state index contributed by atoms with van der Waals surface area (Å²) in [6.07, 6.45) is 3.31. The lowest BCUT2D eigenvalue weighted by atomic mass is 9.99. The van der Waals surface area contributed by atoms with Crippen LogP contribution in [0.5, 0.6) is 0 Å². The lowest BCUT2D eigenvalue weighted by molar-refractivity contribution is 1.22. The summed E-state index contributed by atoms with van der Waals surface area (Å²) >= 11 is 0. The van der Waals surface area contributed by atoms with Gasteiger partial charge in [0.15, 0.2) is 0 Å². The lowest BCUT2D eigenvalue weighted by Gasteiger charge is -2.07. The average molecular weight is 250 g/mol. The fraction of sp³-hybridized carbons (Fsp3) is 0.556. The second-order valence-electron chi connectivity index (χ2n) is 2.98. The molecule has 0 spiro atoms. The Bertz CT molecular complexity index is 282. The van der Waals surface area contributed by atoms with Crippen LogP contribution in [0.4, 0.5) is 0 Å². The maximum atomic E-state index is 2.20. The standard InChI is InChI=1S/C12H16.3C2H6/c1-4-11(5-2)12-9-7-6-8-10(12)3;3*1-2/h4,6-9H,5H2,1-3H3;3*1-2H3/b11-4-;;;. The summed E-state index contributed by atoms with van der Waals surface area (Å²) in [5, 5.41) is 0. The van der Waals surface area contributed by atoms with Crippen molar-refractivity contribution in [2.75, 3.05) is 0 Å². The molecule has 106 valence electrons. The molecule has 0 amide bonds. The Labute approximate surface area is 116 Å². The van der Waals surface area contributed by atoms with Crippen LogP contribution in [-0.4, -0.2) is 0 Å². The summed E-state index contributed by atoms with van der Waals surface area (Å²) in [5.74, 6) is 0. The molecule has 0 N–H and O–H groups in total. The van der Waals surface area contributed by atoms with Crippen molar-refractivity contribution >= 4 is 5.57 Å².